The van der Waals surface area contributed by atoms with Crippen LogP contribution in [0.15, 0.2) is 72.9 Å². The Labute approximate surface area is 423 Å². The molecule has 69 heavy (non-hydrogen) atoms. The Kier molecular flexibility index (Phi) is 22.7. The summed E-state index contributed by atoms with van der Waals surface area (Å²) in [6.07, 6.45) is 15.7. The lowest BCUT2D eigenvalue weighted by Crippen LogP contribution is -2.55. The molecule has 0 bridgehead atoms. The lowest BCUT2D eigenvalue weighted by molar-refractivity contribution is -0.338. The number of hydrogen-bond acceptors (Lipinski definition) is 9. The van der Waals surface area contributed by atoms with E-state index in [1.807, 2.05) is 44.2 Å². The lowest BCUT2D eigenvalue weighted by atomic mass is 9.81. The summed E-state index contributed by atoms with van der Waals surface area (Å²) in [5, 5.41) is 0.0213. The van der Waals surface area contributed by atoms with Gasteiger partial charge in [-0.25, -0.2) is 0 Å². The third kappa shape index (κ3) is 17.0. The molecule has 1 aromatic carbocycles. The highest BCUT2D eigenvalue weighted by molar-refractivity contribution is 6.74. The Bertz CT molecular complexity index is 1870. The van der Waals surface area contributed by atoms with Gasteiger partial charge in [-0.05, 0) is 111 Å². The maximum atomic E-state index is 14.0. The smallest absolute Gasteiger partial charge is 0.311 e. The van der Waals surface area contributed by atoms with Gasteiger partial charge >= 0.3 is 5.97 Å². The number of hydrogen-bond donors (Lipinski definition) is 0. The van der Waals surface area contributed by atoms with Gasteiger partial charge in [0.25, 0.3) is 0 Å². The van der Waals surface area contributed by atoms with Gasteiger partial charge in [0.2, 0.25) is 0 Å². The molecule has 2 aliphatic rings. The Hall–Kier alpha value is -2.65. The van der Waals surface area contributed by atoms with E-state index in [1.165, 1.54) is 12.7 Å². The number of carbonyl (C=O) groups excluding carboxylic acids is 2. The van der Waals surface area contributed by atoms with E-state index in [0.29, 0.717) is 6.61 Å². The minimum atomic E-state index is -2.24. The van der Waals surface area contributed by atoms with E-state index < -0.39 is 34.4 Å². The van der Waals surface area contributed by atoms with Crippen molar-refractivity contribution in [1.82, 2.24) is 0 Å². The summed E-state index contributed by atoms with van der Waals surface area (Å²) in [4.78, 5) is 26.7. The van der Waals surface area contributed by atoms with Gasteiger partial charge in [-0.1, -0.05) is 138 Å². The molecule has 1 heterocycles. The molecule has 0 radical (unpaired) electrons. The molecular formula is C58H98O9Si2. The van der Waals surface area contributed by atoms with Crippen LogP contribution in [0.3, 0.4) is 0 Å². The second-order valence-corrected chi connectivity index (χ2v) is 33.6. The quantitative estimate of drug-likeness (QED) is 0.0312. The lowest BCUT2D eigenvalue weighted by Gasteiger charge is -2.47. The minimum absolute atomic E-state index is 0.0000256. The second kappa shape index (κ2) is 25.8. The van der Waals surface area contributed by atoms with Crippen molar-refractivity contribution in [3.05, 3.63) is 78.4 Å². The van der Waals surface area contributed by atoms with Crippen LogP contribution in [0.4, 0.5) is 0 Å². The number of benzene rings is 1. The average Bonchev–Trinajstić information content (AvgIpc) is 3.72. The Morgan fingerprint density at radius 2 is 1.36 bits per heavy atom. The first-order valence-electron chi connectivity index (χ1n) is 26.1. The molecule has 9 nitrogen and oxygen atoms in total. The van der Waals surface area contributed by atoms with Gasteiger partial charge in [-0.3, -0.25) is 9.59 Å². The number of carbonyl (C=O) groups is 2. The third-order valence-corrected chi connectivity index (χ3v) is 25.2. The third-order valence-electron chi connectivity index (χ3n) is 16.2. The zero-order valence-corrected chi connectivity index (χ0v) is 49.0. The van der Waals surface area contributed by atoms with Crippen LogP contribution in [0.25, 0.3) is 0 Å². The van der Waals surface area contributed by atoms with E-state index >= 15 is 0 Å². The highest BCUT2D eigenvalue weighted by Gasteiger charge is 2.51. The minimum Gasteiger partial charge on any atom is -0.497 e. The monoisotopic (exact) mass is 995 g/mol. The van der Waals surface area contributed by atoms with Crippen molar-refractivity contribution in [2.75, 3.05) is 14.2 Å². The molecule has 0 unspecified atom stereocenters. The number of ketones is 1. The first-order valence-corrected chi connectivity index (χ1v) is 32.0. The fourth-order valence-corrected chi connectivity index (χ4v) is 12.8. The molecule has 0 amide bonds. The summed E-state index contributed by atoms with van der Waals surface area (Å²) in [5.41, 5.74) is 2.39. The molecule has 2 fully saturated rings. The molecule has 11 heteroatoms. The van der Waals surface area contributed by atoms with Gasteiger partial charge in [0.1, 0.15) is 5.75 Å². The van der Waals surface area contributed by atoms with Crippen LogP contribution < -0.4 is 4.74 Å². The Morgan fingerprint density at radius 3 is 1.88 bits per heavy atom. The predicted molar refractivity (Wildman–Crippen MR) is 289 cm³/mol. The SMILES string of the molecule is C=C/C=C\[C@H](C)[C@H](OCc1ccc(OC)cc1)[C@@H](C)[C@H](O[Si](C)(C)C(C)(C)C)[C@@H](C)C/C(C)=C\[C@H](C)[C@@H](O[Si](C)(C)C(C)(C)C)[C@@H](C)/C=C\C(=O)C[C@@H]1OC2(CCCC2)O[C@H]([C@@H](C)C(=O)OC)[C@H]1C. The zero-order valence-electron chi connectivity index (χ0n) is 47.0. The molecule has 1 aliphatic heterocycles. The molecule has 12 atom stereocenters. The van der Waals surface area contributed by atoms with Gasteiger partial charge in [0.15, 0.2) is 28.2 Å². The zero-order chi connectivity index (χ0) is 52.3. The molecule has 3 rings (SSSR count). The topological polar surface area (TPSA) is 98.8 Å². The van der Waals surface area contributed by atoms with Crippen molar-refractivity contribution >= 4 is 28.4 Å². The number of methoxy groups -OCH3 is 2. The van der Waals surface area contributed by atoms with E-state index in [1.54, 1.807) is 13.2 Å². The normalized spacial score (nSPS) is 23.5. The summed E-state index contributed by atoms with van der Waals surface area (Å²) < 4.78 is 45.5. The molecule has 1 spiro atoms. The molecule has 1 aliphatic carbocycles. The first-order chi connectivity index (χ1) is 31.9. The van der Waals surface area contributed by atoms with E-state index in [4.69, 9.17) is 32.5 Å². The van der Waals surface area contributed by atoms with Crippen molar-refractivity contribution in [2.24, 2.45) is 41.4 Å². The van der Waals surface area contributed by atoms with E-state index in [0.717, 1.165) is 43.4 Å². The number of ether oxygens (including phenoxy) is 5. The average molecular weight is 996 g/mol. The predicted octanol–water partition coefficient (Wildman–Crippen LogP) is 14.6. The summed E-state index contributed by atoms with van der Waals surface area (Å²) in [6.45, 7) is 45.0. The molecule has 1 aromatic rings. The van der Waals surface area contributed by atoms with Crippen molar-refractivity contribution in [2.45, 2.75) is 215 Å². The molecule has 0 aromatic heterocycles. The highest BCUT2D eigenvalue weighted by Crippen LogP contribution is 2.46. The van der Waals surface area contributed by atoms with Crippen LogP contribution in [0, 0.1) is 41.4 Å². The summed E-state index contributed by atoms with van der Waals surface area (Å²) in [7, 11) is -1.37. The maximum Gasteiger partial charge on any atom is 0.311 e. The van der Waals surface area contributed by atoms with Gasteiger partial charge in [-0.2, -0.15) is 0 Å². The van der Waals surface area contributed by atoms with Crippen molar-refractivity contribution in [1.29, 1.82) is 0 Å². The molecule has 0 N–H and O–H groups in total. The van der Waals surface area contributed by atoms with Crippen LogP contribution in [-0.2, 0) is 44.0 Å². The van der Waals surface area contributed by atoms with Crippen LogP contribution in [0.1, 0.15) is 141 Å². The van der Waals surface area contributed by atoms with Gasteiger partial charge in [0, 0.05) is 37.0 Å². The first kappa shape index (κ1) is 60.7. The van der Waals surface area contributed by atoms with E-state index in [2.05, 4.69) is 140 Å². The summed E-state index contributed by atoms with van der Waals surface area (Å²) >= 11 is 0. The number of rotatable bonds is 25. The van der Waals surface area contributed by atoms with Gasteiger partial charge in [0.05, 0.1) is 57.3 Å². The Balaban J connectivity index is 1.94. The number of allylic oxidation sites excluding steroid dienone is 4. The summed E-state index contributed by atoms with van der Waals surface area (Å²) in [6, 6.07) is 8.11. The van der Waals surface area contributed by atoms with Crippen LogP contribution in [0.2, 0.25) is 36.3 Å². The van der Waals surface area contributed by atoms with Crippen molar-refractivity contribution in [3.8, 4) is 5.75 Å². The second-order valence-electron chi connectivity index (χ2n) is 24.1. The molecule has 1 saturated heterocycles. The van der Waals surface area contributed by atoms with Gasteiger partial charge in [-0.15, -0.1) is 0 Å². The number of esters is 1. The maximum absolute atomic E-state index is 14.0. The molecule has 392 valence electrons. The van der Waals surface area contributed by atoms with Crippen LogP contribution in [-0.4, -0.2) is 78.9 Å². The standard InChI is InChI=1S/C58H98O9Si2/c1-22-23-26-40(3)52(63-38-47-28-31-49(61-16)32-29-47)45(8)53(67-69(20,21)57(13,14)15)43(6)36-39(2)35-42(5)51(66-68(18,19)56(10,11)12)41(4)27-30-48(59)37-50-44(7)54(46(9)55(60)62-17)65-58(64-50)33-24-25-34-58/h22-23,26-32,35,40-46,50-54H,1,24-25,33-34,36-38H2,2-21H3/b26-23-,30-27-,39-35-/t40-,41-,42-,43-,44-,45+,46+,50-,51-,52-,53+,54-/m0/s1. The van der Waals surface area contributed by atoms with Crippen LogP contribution in [0.5, 0.6) is 5.75 Å². The summed E-state index contributed by atoms with van der Waals surface area (Å²) in [5.74, 6) is -0.508. The highest BCUT2D eigenvalue weighted by atomic mass is 28.4. The van der Waals surface area contributed by atoms with Crippen LogP contribution >= 0.6 is 0 Å². The van der Waals surface area contributed by atoms with Crippen molar-refractivity contribution in [3.63, 3.8) is 0 Å². The van der Waals surface area contributed by atoms with E-state index in [9.17, 15) is 9.59 Å². The largest absolute Gasteiger partial charge is 0.497 e. The van der Waals surface area contributed by atoms with E-state index in [-0.39, 0.29) is 88.2 Å². The van der Waals surface area contributed by atoms with Crippen molar-refractivity contribution < 1.29 is 42.1 Å². The van der Waals surface area contributed by atoms with Gasteiger partial charge < -0.3 is 32.5 Å². The molecule has 1 saturated carbocycles. The molecular weight excluding hydrogens is 897 g/mol. The fraction of sp³-hybridized carbons (Fsp3) is 0.724. The fourth-order valence-electron chi connectivity index (χ4n) is 9.82. The Morgan fingerprint density at radius 1 is 0.812 bits per heavy atom.